The van der Waals surface area contributed by atoms with E-state index in [4.69, 9.17) is 33.7 Å². The van der Waals surface area contributed by atoms with Crippen molar-refractivity contribution in [3.8, 4) is 17.3 Å². The molecule has 0 amide bonds. The zero-order valence-electron chi connectivity index (χ0n) is 17.5. The van der Waals surface area contributed by atoms with Gasteiger partial charge in [0.1, 0.15) is 28.6 Å². The molecule has 0 unspecified atom stereocenters. The van der Waals surface area contributed by atoms with E-state index in [2.05, 4.69) is 25.3 Å². The second-order valence-electron chi connectivity index (χ2n) is 6.92. The van der Waals surface area contributed by atoms with Gasteiger partial charge in [0.05, 0.1) is 10.7 Å². The molecule has 3 heterocycles. The third-order valence-corrected chi connectivity index (χ3v) is 5.15. The molecule has 0 aliphatic heterocycles. The highest BCUT2D eigenvalue weighted by molar-refractivity contribution is 6.35. The maximum absolute atomic E-state index is 12.4. The summed E-state index contributed by atoms with van der Waals surface area (Å²) in [5.74, 6) is 1.50. The number of aryl methyl sites for hydroxylation is 1. The molecule has 0 saturated heterocycles. The number of hydrogen-bond acceptors (Lipinski definition) is 8. The first-order valence-electron chi connectivity index (χ1n) is 9.95. The van der Waals surface area contributed by atoms with Gasteiger partial charge in [0, 0.05) is 18.9 Å². The van der Waals surface area contributed by atoms with Crippen LogP contribution in [-0.4, -0.2) is 24.5 Å². The van der Waals surface area contributed by atoms with Crippen molar-refractivity contribution in [3.63, 3.8) is 0 Å². The zero-order chi connectivity index (χ0) is 23.4. The number of nitrogens with one attached hydrogen (secondary N) is 1. The topological polar surface area (TPSA) is 121 Å². The van der Waals surface area contributed by atoms with Crippen LogP contribution in [-0.2, 0) is 13.0 Å². The average Bonchev–Trinajstić information content (AvgIpc) is 2.80. The van der Waals surface area contributed by atoms with Crippen LogP contribution in [0.25, 0.3) is 5.69 Å². The van der Waals surface area contributed by atoms with Crippen LogP contribution in [0.2, 0.25) is 10.0 Å². The summed E-state index contributed by atoms with van der Waals surface area (Å²) in [4.78, 5) is 28.9. The van der Waals surface area contributed by atoms with E-state index >= 15 is 0 Å². The summed E-state index contributed by atoms with van der Waals surface area (Å²) in [6, 6.07) is 10.5. The Balaban J connectivity index is 1.53. The average molecular weight is 484 g/mol. The van der Waals surface area contributed by atoms with E-state index in [1.54, 1.807) is 30.5 Å². The second-order valence-corrected chi connectivity index (χ2v) is 7.76. The first kappa shape index (κ1) is 22.5. The van der Waals surface area contributed by atoms with Crippen molar-refractivity contribution >= 4 is 34.8 Å². The normalized spacial score (nSPS) is 10.8. The Morgan fingerprint density at radius 2 is 1.91 bits per heavy atom. The van der Waals surface area contributed by atoms with Crippen molar-refractivity contribution in [1.82, 2.24) is 24.5 Å². The quantitative estimate of drug-likeness (QED) is 0.399. The number of nitrogens with zero attached hydrogens (tertiary/aromatic N) is 5. The van der Waals surface area contributed by atoms with Gasteiger partial charge in [-0.15, -0.1) is 0 Å². The SMILES string of the molecule is CCc1ncnc(NCc2ccc(Oc3ncc(Cl)cc3Cl)cc2)c1-n1ccc(N)nc1=O. The van der Waals surface area contributed by atoms with Gasteiger partial charge in [-0.05, 0) is 36.2 Å². The molecule has 0 aliphatic carbocycles. The fourth-order valence-corrected chi connectivity index (χ4v) is 3.51. The molecule has 1 aromatic carbocycles. The van der Waals surface area contributed by atoms with Crippen molar-refractivity contribution in [2.75, 3.05) is 11.1 Å². The van der Waals surface area contributed by atoms with Gasteiger partial charge in [-0.3, -0.25) is 4.57 Å². The lowest BCUT2D eigenvalue weighted by Gasteiger charge is -2.15. The largest absolute Gasteiger partial charge is 0.438 e. The van der Waals surface area contributed by atoms with E-state index in [1.807, 2.05) is 19.1 Å². The molecule has 0 saturated carbocycles. The Hall–Kier alpha value is -3.69. The highest BCUT2D eigenvalue weighted by Crippen LogP contribution is 2.29. The van der Waals surface area contributed by atoms with Gasteiger partial charge in [0.2, 0.25) is 5.88 Å². The summed E-state index contributed by atoms with van der Waals surface area (Å²) in [7, 11) is 0. The van der Waals surface area contributed by atoms with Crippen molar-refractivity contribution in [3.05, 3.63) is 86.9 Å². The number of hydrogen-bond donors (Lipinski definition) is 2. The van der Waals surface area contributed by atoms with Crippen LogP contribution in [0.3, 0.4) is 0 Å². The minimum absolute atomic E-state index is 0.151. The van der Waals surface area contributed by atoms with Gasteiger partial charge in [-0.1, -0.05) is 42.3 Å². The van der Waals surface area contributed by atoms with Crippen LogP contribution in [0.4, 0.5) is 11.6 Å². The molecule has 0 spiro atoms. The fourth-order valence-electron chi connectivity index (χ4n) is 3.09. The van der Waals surface area contributed by atoms with Gasteiger partial charge in [0.25, 0.3) is 0 Å². The number of rotatable bonds is 7. The molecular formula is C22H19Cl2N7O2. The van der Waals surface area contributed by atoms with Crippen LogP contribution in [0, 0.1) is 0 Å². The minimum Gasteiger partial charge on any atom is -0.438 e. The number of halogens is 2. The van der Waals surface area contributed by atoms with Gasteiger partial charge >= 0.3 is 5.69 Å². The van der Waals surface area contributed by atoms with Crippen molar-refractivity contribution in [2.24, 2.45) is 0 Å². The Morgan fingerprint density at radius 3 is 2.61 bits per heavy atom. The first-order valence-corrected chi connectivity index (χ1v) is 10.7. The number of aromatic nitrogens is 5. The molecule has 33 heavy (non-hydrogen) atoms. The maximum Gasteiger partial charge on any atom is 0.354 e. The van der Waals surface area contributed by atoms with Crippen LogP contribution in [0.5, 0.6) is 11.6 Å². The second kappa shape index (κ2) is 9.85. The minimum atomic E-state index is -0.501. The molecule has 9 nitrogen and oxygen atoms in total. The molecule has 3 aromatic heterocycles. The molecule has 0 aliphatic rings. The molecule has 11 heteroatoms. The number of nitrogen functional groups attached to an aromatic ring is 1. The summed E-state index contributed by atoms with van der Waals surface area (Å²) >= 11 is 12.0. The molecule has 3 N–H and O–H groups in total. The fraction of sp³-hybridized carbons (Fsp3) is 0.136. The van der Waals surface area contributed by atoms with E-state index in [0.717, 1.165) is 5.56 Å². The molecule has 0 bridgehead atoms. The summed E-state index contributed by atoms with van der Waals surface area (Å²) in [6.45, 7) is 2.40. The summed E-state index contributed by atoms with van der Waals surface area (Å²) in [6.07, 6.45) is 5.10. The third kappa shape index (κ3) is 5.21. The predicted molar refractivity (Wildman–Crippen MR) is 127 cm³/mol. The summed E-state index contributed by atoms with van der Waals surface area (Å²) < 4.78 is 7.10. The van der Waals surface area contributed by atoms with E-state index < -0.39 is 5.69 Å². The zero-order valence-corrected chi connectivity index (χ0v) is 19.0. The van der Waals surface area contributed by atoms with Gasteiger partial charge in [-0.2, -0.15) is 4.98 Å². The smallest absolute Gasteiger partial charge is 0.354 e. The molecule has 0 atom stereocenters. The highest BCUT2D eigenvalue weighted by Gasteiger charge is 2.14. The first-order chi connectivity index (χ1) is 15.9. The molecule has 0 fully saturated rings. The standard InChI is InChI=1S/C22H19Cl2N7O2/c1-2-17-19(31-8-7-18(25)30-22(31)32)20(29-12-28-17)26-10-13-3-5-15(6-4-13)33-21-16(24)9-14(23)11-27-21/h3-9,11-12H,2,10H2,1H3,(H2,25,30,32)(H,26,28,29). The van der Waals surface area contributed by atoms with Crippen LogP contribution >= 0.6 is 23.2 Å². The summed E-state index contributed by atoms with van der Waals surface area (Å²) in [5.41, 5.74) is 7.33. The Morgan fingerprint density at radius 1 is 1.12 bits per heavy atom. The Bertz CT molecular complexity index is 1340. The third-order valence-electron chi connectivity index (χ3n) is 4.67. The maximum atomic E-state index is 12.4. The Kier molecular flexibility index (Phi) is 6.71. The monoisotopic (exact) mass is 483 g/mol. The summed E-state index contributed by atoms with van der Waals surface area (Å²) in [5, 5.41) is 4.02. The van der Waals surface area contributed by atoms with Crippen molar-refractivity contribution in [2.45, 2.75) is 19.9 Å². The van der Waals surface area contributed by atoms with Gasteiger partial charge in [-0.25, -0.2) is 19.7 Å². The molecule has 0 radical (unpaired) electrons. The molecule has 4 rings (SSSR count). The molecule has 4 aromatic rings. The van der Waals surface area contributed by atoms with Crippen LogP contribution < -0.4 is 21.5 Å². The molecule has 168 valence electrons. The van der Waals surface area contributed by atoms with Gasteiger partial charge < -0.3 is 15.8 Å². The van der Waals surface area contributed by atoms with E-state index in [-0.39, 0.29) is 11.7 Å². The number of anilines is 2. The highest BCUT2D eigenvalue weighted by atomic mass is 35.5. The lowest BCUT2D eigenvalue weighted by molar-refractivity contribution is 0.463. The van der Waals surface area contributed by atoms with Crippen molar-refractivity contribution in [1.29, 1.82) is 0 Å². The predicted octanol–water partition coefficient (Wildman–Crippen LogP) is 4.27. The lowest BCUT2D eigenvalue weighted by Crippen LogP contribution is -2.24. The number of nitrogens with two attached hydrogens (primary N) is 1. The van der Waals surface area contributed by atoms with E-state index in [1.165, 1.54) is 17.1 Å². The molecular weight excluding hydrogens is 465 g/mol. The lowest BCUT2D eigenvalue weighted by atomic mass is 10.2. The van der Waals surface area contributed by atoms with Crippen molar-refractivity contribution < 1.29 is 4.74 Å². The number of benzene rings is 1. The van der Waals surface area contributed by atoms with E-state index in [0.29, 0.717) is 46.0 Å². The van der Waals surface area contributed by atoms with Crippen LogP contribution in [0.1, 0.15) is 18.2 Å². The number of ether oxygens (including phenoxy) is 1. The van der Waals surface area contributed by atoms with Gasteiger partial charge in [0.15, 0.2) is 5.82 Å². The Labute approximate surface area is 199 Å². The number of pyridine rings is 1. The van der Waals surface area contributed by atoms with Crippen LogP contribution in [0.15, 0.2) is 59.9 Å². The van der Waals surface area contributed by atoms with E-state index in [9.17, 15) is 4.79 Å².